The molecular weight excluding hydrogens is 398 g/mol. The minimum atomic E-state index is -0.284. The summed E-state index contributed by atoms with van der Waals surface area (Å²) in [5.74, 6) is 0.0520. The van der Waals surface area contributed by atoms with E-state index in [0.29, 0.717) is 12.1 Å². The number of benzene rings is 2. The van der Waals surface area contributed by atoms with Crippen molar-refractivity contribution in [3.05, 3.63) is 77.6 Å². The summed E-state index contributed by atoms with van der Waals surface area (Å²) >= 11 is 1.57. The Balaban J connectivity index is 1.33. The van der Waals surface area contributed by atoms with E-state index in [9.17, 15) is 9.59 Å². The molecule has 0 radical (unpaired) electrons. The molecule has 2 amide bonds. The lowest BCUT2D eigenvalue weighted by atomic mass is 9.99. The Labute approximate surface area is 176 Å². The van der Waals surface area contributed by atoms with E-state index in [4.69, 9.17) is 9.40 Å². The number of nitrogens with zero attached hydrogens (tertiary/aromatic N) is 1. The predicted molar refractivity (Wildman–Crippen MR) is 117 cm³/mol. The monoisotopic (exact) mass is 415 g/mol. The summed E-state index contributed by atoms with van der Waals surface area (Å²) < 4.78 is 5.10. The van der Waals surface area contributed by atoms with Crippen LogP contribution in [-0.2, 0) is 11.2 Å². The van der Waals surface area contributed by atoms with Crippen LogP contribution in [0.2, 0.25) is 0 Å². The van der Waals surface area contributed by atoms with Crippen LogP contribution in [-0.4, -0.2) is 16.8 Å². The van der Waals surface area contributed by atoms with Gasteiger partial charge in [-0.2, -0.15) is 0 Å². The van der Waals surface area contributed by atoms with Crippen LogP contribution < -0.4 is 10.6 Å². The molecule has 0 bridgehead atoms. The number of anilines is 2. The summed E-state index contributed by atoms with van der Waals surface area (Å²) in [6.07, 6.45) is 2.73. The number of aromatic nitrogens is 1. The van der Waals surface area contributed by atoms with Crippen molar-refractivity contribution in [3.8, 4) is 21.8 Å². The molecule has 0 saturated carbocycles. The number of thiazole rings is 1. The SMILES string of the molecule is O=C1CCc2cc(-c3csc(-c4ccc(NC(=O)c5ccco5)cc4)n3)ccc2N1. The third-order valence-corrected chi connectivity index (χ3v) is 5.83. The third kappa shape index (κ3) is 3.62. The molecule has 0 spiro atoms. The van der Waals surface area contributed by atoms with Crippen LogP contribution in [0, 0.1) is 0 Å². The summed E-state index contributed by atoms with van der Waals surface area (Å²) in [6, 6.07) is 16.9. The van der Waals surface area contributed by atoms with E-state index in [1.807, 2.05) is 41.8 Å². The first-order valence-corrected chi connectivity index (χ1v) is 10.4. The molecule has 1 aliphatic heterocycles. The molecule has 2 aromatic carbocycles. The average Bonchev–Trinajstić information content (AvgIpc) is 3.46. The van der Waals surface area contributed by atoms with Gasteiger partial charge in [0.1, 0.15) is 5.01 Å². The van der Waals surface area contributed by atoms with Crippen LogP contribution in [0.5, 0.6) is 0 Å². The van der Waals surface area contributed by atoms with Gasteiger partial charge < -0.3 is 15.1 Å². The highest BCUT2D eigenvalue weighted by molar-refractivity contribution is 7.13. The van der Waals surface area contributed by atoms with E-state index in [0.717, 1.165) is 39.5 Å². The van der Waals surface area contributed by atoms with Gasteiger partial charge in [0.2, 0.25) is 5.91 Å². The van der Waals surface area contributed by atoms with E-state index in [1.54, 1.807) is 23.5 Å². The molecule has 148 valence electrons. The number of hydrogen-bond acceptors (Lipinski definition) is 5. The van der Waals surface area contributed by atoms with Gasteiger partial charge in [-0.1, -0.05) is 6.07 Å². The van der Waals surface area contributed by atoms with Crippen molar-refractivity contribution in [3.63, 3.8) is 0 Å². The van der Waals surface area contributed by atoms with Crippen LogP contribution >= 0.6 is 11.3 Å². The minimum absolute atomic E-state index is 0.0648. The summed E-state index contributed by atoms with van der Waals surface area (Å²) in [7, 11) is 0. The van der Waals surface area contributed by atoms with Crippen LogP contribution in [0.4, 0.5) is 11.4 Å². The normalized spacial score (nSPS) is 12.9. The number of carbonyl (C=O) groups is 2. The molecule has 0 saturated heterocycles. The van der Waals surface area contributed by atoms with Crippen LogP contribution in [0.3, 0.4) is 0 Å². The second kappa shape index (κ2) is 7.61. The standard InChI is InChI=1S/C23H17N3O3S/c27-21-10-6-15-12-16(5-9-18(15)25-21)19-13-30-23(26-19)14-3-7-17(8-4-14)24-22(28)20-2-1-11-29-20/h1-5,7-9,11-13H,6,10H2,(H,24,28)(H,25,27). The van der Waals surface area contributed by atoms with Crippen molar-refractivity contribution in [2.75, 3.05) is 10.6 Å². The van der Waals surface area contributed by atoms with E-state index in [2.05, 4.69) is 16.7 Å². The summed E-state index contributed by atoms with van der Waals surface area (Å²) in [6.45, 7) is 0. The zero-order chi connectivity index (χ0) is 20.5. The number of rotatable bonds is 4. The fourth-order valence-corrected chi connectivity index (χ4v) is 4.21. The van der Waals surface area contributed by atoms with E-state index in [1.165, 1.54) is 6.26 Å². The first-order chi connectivity index (χ1) is 14.7. The maximum Gasteiger partial charge on any atom is 0.291 e. The number of carbonyl (C=O) groups excluding carboxylic acids is 2. The quantitative estimate of drug-likeness (QED) is 0.479. The summed E-state index contributed by atoms with van der Waals surface area (Å²) in [5.41, 5.74) is 5.64. The number of fused-ring (bicyclic) bond motifs is 1. The zero-order valence-electron chi connectivity index (χ0n) is 15.8. The highest BCUT2D eigenvalue weighted by Gasteiger charge is 2.16. The van der Waals surface area contributed by atoms with Crippen molar-refractivity contribution >= 4 is 34.5 Å². The van der Waals surface area contributed by atoms with Crippen LogP contribution in [0.25, 0.3) is 21.8 Å². The lowest BCUT2D eigenvalue weighted by molar-refractivity contribution is -0.116. The highest BCUT2D eigenvalue weighted by Crippen LogP contribution is 2.32. The first kappa shape index (κ1) is 18.3. The molecule has 30 heavy (non-hydrogen) atoms. The van der Waals surface area contributed by atoms with E-state index in [-0.39, 0.29) is 17.6 Å². The second-order valence-electron chi connectivity index (χ2n) is 6.97. The van der Waals surface area contributed by atoms with Crippen LogP contribution in [0.15, 0.2) is 70.7 Å². The van der Waals surface area contributed by atoms with Crippen molar-refractivity contribution in [1.82, 2.24) is 4.98 Å². The van der Waals surface area contributed by atoms with Gasteiger partial charge in [-0.25, -0.2) is 4.98 Å². The molecular formula is C23H17N3O3S. The first-order valence-electron chi connectivity index (χ1n) is 9.50. The Hall–Kier alpha value is -3.71. The Morgan fingerprint density at radius 1 is 1.07 bits per heavy atom. The van der Waals surface area contributed by atoms with Gasteiger partial charge in [0, 0.05) is 34.3 Å². The number of amides is 2. The molecule has 4 aromatic rings. The Morgan fingerprint density at radius 3 is 2.70 bits per heavy atom. The molecule has 6 nitrogen and oxygen atoms in total. The molecule has 0 fully saturated rings. The maximum absolute atomic E-state index is 12.1. The minimum Gasteiger partial charge on any atom is -0.459 e. The highest BCUT2D eigenvalue weighted by atomic mass is 32.1. The van der Waals surface area contributed by atoms with Gasteiger partial charge in [0.25, 0.3) is 5.91 Å². The molecule has 2 aromatic heterocycles. The lowest BCUT2D eigenvalue weighted by Gasteiger charge is -2.17. The number of nitrogens with one attached hydrogen (secondary N) is 2. The predicted octanol–water partition coefficient (Wildman–Crippen LogP) is 5.21. The second-order valence-corrected chi connectivity index (χ2v) is 7.82. The van der Waals surface area contributed by atoms with Crippen LogP contribution in [0.1, 0.15) is 22.5 Å². The van der Waals surface area contributed by atoms with E-state index >= 15 is 0 Å². The topological polar surface area (TPSA) is 84.2 Å². The summed E-state index contributed by atoms with van der Waals surface area (Å²) in [4.78, 5) is 28.4. The molecule has 5 rings (SSSR count). The van der Waals surface area contributed by atoms with Crippen molar-refractivity contribution in [2.24, 2.45) is 0 Å². The Kier molecular flexibility index (Phi) is 4.65. The van der Waals surface area contributed by atoms with Gasteiger partial charge in [-0.05, 0) is 60.5 Å². The fourth-order valence-electron chi connectivity index (χ4n) is 3.38. The van der Waals surface area contributed by atoms with Gasteiger partial charge in [-0.3, -0.25) is 9.59 Å². The fraction of sp³-hybridized carbons (Fsp3) is 0.0870. The summed E-state index contributed by atoms with van der Waals surface area (Å²) in [5, 5.41) is 8.65. The molecule has 1 aliphatic rings. The largest absolute Gasteiger partial charge is 0.459 e. The van der Waals surface area contributed by atoms with Gasteiger partial charge in [0.15, 0.2) is 5.76 Å². The molecule has 2 N–H and O–H groups in total. The smallest absolute Gasteiger partial charge is 0.291 e. The molecule has 0 unspecified atom stereocenters. The molecule has 7 heteroatoms. The number of hydrogen-bond donors (Lipinski definition) is 2. The van der Waals surface area contributed by atoms with E-state index < -0.39 is 0 Å². The van der Waals surface area contributed by atoms with Gasteiger partial charge >= 0.3 is 0 Å². The molecule has 3 heterocycles. The van der Waals surface area contributed by atoms with Gasteiger partial charge in [0.05, 0.1) is 12.0 Å². The van der Waals surface area contributed by atoms with Crippen molar-refractivity contribution in [2.45, 2.75) is 12.8 Å². The molecule has 0 atom stereocenters. The third-order valence-electron chi connectivity index (χ3n) is 4.94. The van der Waals surface area contributed by atoms with Crippen molar-refractivity contribution in [1.29, 1.82) is 0 Å². The Bertz CT molecular complexity index is 1230. The number of aryl methyl sites for hydroxylation is 1. The Morgan fingerprint density at radius 2 is 1.90 bits per heavy atom. The molecule has 0 aliphatic carbocycles. The van der Waals surface area contributed by atoms with Gasteiger partial charge in [-0.15, -0.1) is 11.3 Å². The average molecular weight is 415 g/mol. The maximum atomic E-state index is 12.1. The lowest BCUT2D eigenvalue weighted by Crippen LogP contribution is -2.18. The van der Waals surface area contributed by atoms with Crippen molar-refractivity contribution < 1.29 is 14.0 Å². The number of furan rings is 1. The zero-order valence-corrected chi connectivity index (χ0v) is 16.7.